The summed E-state index contributed by atoms with van der Waals surface area (Å²) >= 11 is 0. The molecule has 0 fully saturated rings. The number of carbonyl (C=O) groups excluding carboxylic acids is 2. The maximum absolute atomic E-state index is 13.4. The predicted octanol–water partition coefficient (Wildman–Crippen LogP) is 6.51. The van der Waals surface area contributed by atoms with Gasteiger partial charge in [-0.3, -0.25) is 9.59 Å². The van der Waals surface area contributed by atoms with Gasteiger partial charge in [-0.05, 0) is 66.2 Å². The third-order valence-electron chi connectivity index (χ3n) is 5.67. The number of benzene rings is 4. The van der Waals surface area contributed by atoms with Crippen molar-refractivity contribution in [3.05, 3.63) is 132 Å². The van der Waals surface area contributed by atoms with Gasteiger partial charge in [-0.15, -0.1) is 0 Å². The van der Waals surface area contributed by atoms with E-state index in [1.54, 1.807) is 30.5 Å². The van der Waals surface area contributed by atoms with Crippen molar-refractivity contribution in [1.29, 1.82) is 0 Å². The van der Waals surface area contributed by atoms with Crippen LogP contribution in [0.2, 0.25) is 0 Å². The lowest BCUT2D eigenvalue weighted by Gasteiger charge is -2.16. The average Bonchev–Trinajstić information content (AvgIpc) is 3.34. The molecule has 5 rings (SSSR count). The zero-order valence-electron chi connectivity index (χ0n) is 19.4. The Morgan fingerprint density at radius 2 is 1.24 bits per heavy atom. The maximum Gasteiger partial charge on any atom is 0.280 e. The van der Waals surface area contributed by atoms with E-state index in [2.05, 4.69) is 15.7 Å². The van der Waals surface area contributed by atoms with Crippen molar-refractivity contribution in [3.63, 3.8) is 0 Å². The number of halogens is 2. The number of hydrogen-bond acceptors (Lipinski definition) is 4. The van der Waals surface area contributed by atoms with Gasteiger partial charge in [0.1, 0.15) is 17.5 Å². The van der Waals surface area contributed by atoms with Gasteiger partial charge in [-0.2, -0.15) is 9.78 Å². The van der Waals surface area contributed by atoms with E-state index in [0.717, 1.165) is 5.56 Å². The molecule has 2 N–H and O–H groups in total. The number of carbonyl (C=O) groups is 2. The largest absolute Gasteiger partial charge is 0.338 e. The summed E-state index contributed by atoms with van der Waals surface area (Å²) in [5, 5.41) is 10.4. The Balaban J connectivity index is 1.53. The Labute approximate surface area is 211 Å². The van der Waals surface area contributed by atoms with E-state index in [1.807, 2.05) is 30.3 Å². The van der Waals surface area contributed by atoms with Gasteiger partial charge < -0.3 is 10.6 Å². The van der Waals surface area contributed by atoms with E-state index in [-0.39, 0.29) is 11.1 Å². The minimum atomic E-state index is -0.461. The van der Waals surface area contributed by atoms with E-state index in [9.17, 15) is 18.4 Å². The topological polar surface area (TPSA) is 76.0 Å². The summed E-state index contributed by atoms with van der Waals surface area (Å²) in [6, 6.07) is 26.8. The minimum absolute atomic E-state index is 0.255. The van der Waals surface area contributed by atoms with E-state index in [0.29, 0.717) is 22.8 Å². The molecular formula is C29H20F2N4O2. The summed E-state index contributed by atoms with van der Waals surface area (Å²) in [6.45, 7) is 0. The first-order valence-corrected chi connectivity index (χ1v) is 11.4. The van der Waals surface area contributed by atoms with Crippen LogP contribution < -0.4 is 10.6 Å². The molecule has 0 aliphatic rings. The van der Waals surface area contributed by atoms with E-state index < -0.39 is 23.4 Å². The third-order valence-corrected chi connectivity index (χ3v) is 5.67. The van der Waals surface area contributed by atoms with Crippen molar-refractivity contribution in [3.8, 4) is 11.1 Å². The van der Waals surface area contributed by atoms with E-state index in [4.69, 9.17) is 0 Å². The average molecular weight is 495 g/mol. The summed E-state index contributed by atoms with van der Waals surface area (Å²) in [7, 11) is 0. The van der Waals surface area contributed by atoms with Crippen molar-refractivity contribution < 1.29 is 18.4 Å². The number of aromatic nitrogens is 2. The highest BCUT2D eigenvalue weighted by molar-refractivity contribution is 6.06. The Morgan fingerprint density at radius 1 is 0.676 bits per heavy atom. The smallest absolute Gasteiger partial charge is 0.280 e. The summed E-state index contributed by atoms with van der Waals surface area (Å²) in [5.74, 6) is -1.41. The Hall–Kier alpha value is -5.11. The molecule has 4 aromatic carbocycles. The molecule has 0 aliphatic heterocycles. The lowest BCUT2D eigenvalue weighted by molar-refractivity contribution is 0.0947. The minimum Gasteiger partial charge on any atom is -0.338 e. The number of amides is 1. The number of nitrogens with zero attached hydrogens (tertiary/aromatic N) is 2. The monoisotopic (exact) mass is 494 g/mol. The SMILES string of the molecule is O=C(Nc1ccccc1Nc1c(-c2ccccc2)cnn1C(=O)c1ccc(F)cc1)c1ccc(F)cc1. The second kappa shape index (κ2) is 10.2. The zero-order chi connectivity index (χ0) is 25.8. The number of anilines is 3. The van der Waals surface area contributed by atoms with Gasteiger partial charge in [-0.1, -0.05) is 42.5 Å². The molecule has 1 amide bonds. The highest BCUT2D eigenvalue weighted by Gasteiger charge is 2.20. The van der Waals surface area contributed by atoms with Crippen molar-refractivity contribution in [2.75, 3.05) is 10.6 Å². The predicted molar refractivity (Wildman–Crippen MR) is 138 cm³/mol. The van der Waals surface area contributed by atoms with Gasteiger partial charge in [0.2, 0.25) is 0 Å². The van der Waals surface area contributed by atoms with Crippen LogP contribution in [0.1, 0.15) is 20.7 Å². The first-order valence-electron chi connectivity index (χ1n) is 11.4. The van der Waals surface area contributed by atoms with Crippen LogP contribution in [0.4, 0.5) is 26.0 Å². The number of para-hydroxylation sites is 2. The molecule has 0 radical (unpaired) electrons. The molecule has 0 atom stereocenters. The quantitative estimate of drug-likeness (QED) is 0.282. The van der Waals surface area contributed by atoms with Crippen LogP contribution in [0, 0.1) is 11.6 Å². The van der Waals surface area contributed by atoms with Crippen LogP contribution in [-0.2, 0) is 0 Å². The second-order valence-electron chi connectivity index (χ2n) is 8.13. The van der Waals surface area contributed by atoms with Gasteiger partial charge in [-0.25, -0.2) is 8.78 Å². The molecule has 0 spiro atoms. The molecule has 0 saturated carbocycles. The number of rotatable bonds is 6. The molecule has 1 heterocycles. The molecule has 5 aromatic rings. The van der Waals surface area contributed by atoms with Crippen LogP contribution in [0.25, 0.3) is 11.1 Å². The summed E-state index contributed by atoms with van der Waals surface area (Å²) < 4.78 is 27.9. The van der Waals surface area contributed by atoms with Crippen LogP contribution in [0.5, 0.6) is 0 Å². The zero-order valence-corrected chi connectivity index (χ0v) is 19.4. The normalized spacial score (nSPS) is 10.6. The molecule has 0 aliphatic carbocycles. The highest BCUT2D eigenvalue weighted by atomic mass is 19.1. The Bertz CT molecular complexity index is 1560. The molecule has 37 heavy (non-hydrogen) atoms. The van der Waals surface area contributed by atoms with Gasteiger partial charge in [0, 0.05) is 16.7 Å². The summed E-state index contributed by atoms with van der Waals surface area (Å²) in [4.78, 5) is 26.1. The summed E-state index contributed by atoms with van der Waals surface area (Å²) in [5.41, 5.74) is 2.95. The van der Waals surface area contributed by atoms with Crippen LogP contribution >= 0.6 is 0 Å². The molecular weight excluding hydrogens is 474 g/mol. The van der Waals surface area contributed by atoms with Crippen LogP contribution in [-0.4, -0.2) is 21.6 Å². The third kappa shape index (κ3) is 5.13. The fourth-order valence-corrected chi connectivity index (χ4v) is 3.79. The second-order valence-corrected chi connectivity index (χ2v) is 8.13. The molecule has 6 nitrogen and oxygen atoms in total. The molecule has 182 valence electrons. The molecule has 0 unspecified atom stereocenters. The Kier molecular flexibility index (Phi) is 6.54. The van der Waals surface area contributed by atoms with Crippen molar-refractivity contribution in [2.24, 2.45) is 0 Å². The number of hydrogen-bond donors (Lipinski definition) is 2. The standard InChI is InChI=1S/C29H20F2N4O2/c30-22-14-10-20(11-15-22)28(36)34-26-9-5-4-8-25(26)33-27-24(19-6-2-1-3-7-19)18-32-35(27)29(37)21-12-16-23(31)17-13-21/h1-18,33H,(H,34,36). The first-order chi connectivity index (χ1) is 18.0. The highest BCUT2D eigenvalue weighted by Crippen LogP contribution is 2.33. The van der Waals surface area contributed by atoms with E-state index in [1.165, 1.54) is 53.2 Å². The van der Waals surface area contributed by atoms with Crippen LogP contribution in [0.3, 0.4) is 0 Å². The molecule has 8 heteroatoms. The van der Waals surface area contributed by atoms with Crippen molar-refractivity contribution in [1.82, 2.24) is 9.78 Å². The van der Waals surface area contributed by atoms with Crippen LogP contribution in [0.15, 0.2) is 109 Å². The maximum atomic E-state index is 13.4. The van der Waals surface area contributed by atoms with Gasteiger partial charge in [0.15, 0.2) is 0 Å². The fraction of sp³-hybridized carbons (Fsp3) is 0. The van der Waals surface area contributed by atoms with E-state index >= 15 is 0 Å². The number of nitrogens with one attached hydrogen (secondary N) is 2. The summed E-state index contributed by atoms with van der Waals surface area (Å²) in [6.07, 6.45) is 1.57. The molecule has 1 aromatic heterocycles. The first kappa shape index (κ1) is 23.6. The van der Waals surface area contributed by atoms with Gasteiger partial charge >= 0.3 is 0 Å². The fourth-order valence-electron chi connectivity index (χ4n) is 3.79. The lowest BCUT2D eigenvalue weighted by Crippen LogP contribution is -2.17. The van der Waals surface area contributed by atoms with Gasteiger partial charge in [0.25, 0.3) is 11.8 Å². The molecule has 0 bridgehead atoms. The van der Waals surface area contributed by atoms with Crippen molar-refractivity contribution in [2.45, 2.75) is 0 Å². The molecule has 0 saturated heterocycles. The Morgan fingerprint density at radius 3 is 1.89 bits per heavy atom. The van der Waals surface area contributed by atoms with Gasteiger partial charge in [0.05, 0.1) is 17.6 Å². The van der Waals surface area contributed by atoms with Crippen molar-refractivity contribution >= 4 is 29.0 Å². The lowest BCUT2D eigenvalue weighted by atomic mass is 10.1.